The number of hydrogen-bond acceptors (Lipinski definition) is 3. The first-order valence-corrected chi connectivity index (χ1v) is 12.4. The molecule has 1 aromatic rings. The maximum absolute atomic E-state index is 12.1. The summed E-state index contributed by atoms with van der Waals surface area (Å²) in [6.45, 7) is 2.22. The van der Waals surface area contributed by atoms with E-state index in [1.54, 1.807) is 12.1 Å². The number of aromatic hydroxyl groups is 1. The number of unbranched alkanes of at least 4 members (excludes halogenated alkanes) is 4. The molecular weight excluding hydrogens is 426 g/mol. The fraction of sp³-hybridized carbons (Fsp3) is 0.448. The van der Waals surface area contributed by atoms with Crippen molar-refractivity contribution in [2.24, 2.45) is 0 Å². The summed E-state index contributed by atoms with van der Waals surface area (Å²) in [5.74, 6) is -1.21. The number of carboxylic acids is 1. The van der Waals surface area contributed by atoms with Gasteiger partial charge in [0.1, 0.15) is 11.8 Å². The molecule has 34 heavy (non-hydrogen) atoms. The Labute approximate surface area is 205 Å². The lowest BCUT2D eigenvalue weighted by atomic mass is 10.1. The van der Waals surface area contributed by atoms with E-state index in [9.17, 15) is 19.8 Å². The van der Waals surface area contributed by atoms with Crippen LogP contribution in [0.2, 0.25) is 0 Å². The third-order valence-corrected chi connectivity index (χ3v) is 5.24. The normalized spacial score (nSPS) is 12.9. The van der Waals surface area contributed by atoms with Crippen LogP contribution in [0.4, 0.5) is 0 Å². The molecule has 0 bridgehead atoms. The Morgan fingerprint density at radius 1 is 0.824 bits per heavy atom. The Kier molecular flexibility index (Phi) is 16.5. The molecule has 1 unspecified atom stereocenters. The number of rotatable bonds is 18. The van der Waals surface area contributed by atoms with Gasteiger partial charge in [-0.15, -0.1) is 0 Å². The molecule has 1 rings (SSSR count). The van der Waals surface area contributed by atoms with Crippen LogP contribution in [0.15, 0.2) is 72.9 Å². The zero-order chi connectivity index (χ0) is 24.9. The highest BCUT2D eigenvalue weighted by atomic mass is 16.4. The fourth-order valence-electron chi connectivity index (χ4n) is 3.28. The van der Waals surface area contributed by atoms with Gasteiger partial charge in [-0.2, -0.15) is 0 Å². The quantitative estimate of drug-likeness (QED) is 0.167. The predicted molar refractivity (Wildman–Crippen MR) is 140 cm³/mol. The SMILES string of the molecule is CCCCC/C=C/C/C=C/C/C=C/C/C=C/CCCC(=O)NC(Cc1ccc(O)cc1)C(=O)O. The van der Waals surface area contributed by atoms with Crippen LogP contribution in [-0.2, 0) is 16.0 Å². The van der Waals surface area contributed by atoms with E-state index >= 15 is 0 Å². The van der Waals surface area contributed by atoms with E-state index in [-0.39, 0.29) is 24.5 Å². The van der Waals surface area contributed by atoms with Crippen LogP contribution in [-0.4, -0.2) is 28.1 Å². The zero-order valence-electron chi connectivity index (χ0n) is 20.5. The molecular formula is C29H41NO4. The maximum Gasteiger partial charge on any atom is 0.326 e. The van der Waals surface area contributed by atoms with E-state index in [0.717, 1.165) is 31.2 Å². The van der Waals surface area contributed by atoms with E-state index < -0.39 is 12.0 Å². The molecule has 0 saturated carbocycles. The second-order valence-corrected chi connectivity index (χ2v) is 8.31. The van der Waals surface area contributed by atoms with Crippen LogP contribution in [0.5, 0.6) is 5.75 Å². The molecule has 0 saturated heterocycles. The minimum absolute atomic E-state index is 0.122. The first-order chi connectivity index (χ1) is 16.5. The van der Waals surface area contributed by atoms with Crippen molar-refractivity contribution >= 4 is 11.9 Å². The van der Waals surface area contributed by atoms with Gasteiger partial charge >= 0.3 is 5.97 Å². The molecule has 5 nitrogen and oxygen atoms in total. The summed E-state index contributed by atoms with van der Waals surface area (Å²) in [7, 11) is 0. The number of carbonyl (C=O) groups excluding carboxylic acids is 1. The molecule has 5 heteroatoms. The van der Waals surface area contributed by atoms with Crippen LogP contribution < -0.4 is 5.32 Å². The number of benzene rings is 1. The number of carboxylic acid groups (broad SMARTS) is 1. The third kappa shape index (κ3) is 15.7. The van der Waals surface area contributed by atoms with E-state index in [0.29, 0.717) is 6.42 Å². The second kappa shape index (κ2) is 19.4. The lowest BCUT2D eigenvalue weighted by Crippen LogP contribution is -2.42. The van der Waals surface area contributed by atoms with Crippen LogP contribution in [0.1, 0.15) is 76.7 Å². The number of phenols is 1. The van der Waals surface area contributed by atoms with Gasteiger partial charge in [0.05, 0.1) is 0 Å². The lowest BCUT2D eigenvalue weighted by Gasteiger charge is -2.14. The molecule has 1 amide bonds. The highest BCUT2D eigenvalue weighted by molar-refractivity contribution is 5.83. The summed E-state index contributed by atoms with van der Waals surface area (Å²) in [5.41, 5.74) is 0.742. The number of phenolic OH excluding ortho intramolecular Hbond substituents is 1. The summed E-state index contributed by atoms with van der Waals surface area (Å²) in [6, 6.07) is 5.34. The summed E-state index contributed by atoms with van der Waals surface area (Å²) < 4.78 is 0. The summed E-state index contributed by atoms with van der Waals surface area (Å²) >= 11 is 0. The number of amides is 1. The first kappa shape index (κ1) is 29.0. The van der Waals surface area contributed by atoms with E-state index in [4.69, 9.17) is 0 Å². The maximum atomic E-state index is 12.1. The number of nitrogens with one attached hydrogen (secondary N) is 1. The van der Waals surface area contributed by atoms with Crippen LogP contribution >= 0.6 is 0 Å². The van der Waals surface area contributed by atoms with Crippen molar-refractivity contribution in [3.05, 3.63) is 78.4 Å². The molecule has 0 aromatic heterocycles. The standard InChI is InChI=1S/C29H41NO4/c1-2-3-4-5-6-7-8-9-10-11-12-13-14-15-16-17-18-19-28(32)30-27(29(33)34)24-25-20-22-26(31)23-21-25/h6-7,9-10,12-13,15-16,20-23,27,31H,2-5,8,11,14,17-19,24H2,1H3,(H,30,32)(H,33,34)/b7-6+,10-9+,13-12+,16-15+. The van der Waals surface area contributed by atoms with Crippen molar-refractivity contribution in [3.8, 4) is 5.75 Å². The smallest absolute Gasteiger partial charge is 0.326 e. The van der Waals surface area contributed by atoms with Gasteiger partial charge in [-0.05, 0) is 62.6 Å². The molecule has 186 valence electrons. The molecule has 1 atom stereocenters. The Morgan fingerprint density at radius 3 is 1.88 bits per heavy atom. The Morgan fingerprint density at radius 2 is 1.35 bits per heavy atom. The monoisotopic (exact) mass is 467 g/mol. The van der Waals surface area contributed by atoms with Gasteiger partial charge in [0.25, 0.3) is 0 Å². The number of carbonyl (C=O) groups is 2. The van der Waals surface area contributed by atoms with Gasteiger partial charge in [0, 0.05) is 12.8 Å². The number of hydrogen-bond donors (Lipinski definition) is 3. The van der Waals surface area contributed by atoms with Crippen molar-refractivity contribution in [2.45, 2.75) is 83.6 Å². The zero-order valence-corrected chi connectivity index (χ0v) is 20.5. The van der Waals surface area contributed by atoms with Gasteiger partial charge in [0.2, 0.25) is 5.91 Å². The fourth-order valence-corrected chi connectivity index (χ4v) is 3.28. The third-order valence-electron chi connectivity index (χ3n) is 5.24. The summed E-state index contributed by atoms with van der Waals surface area (Å²) in [4.78, 5) is 23.6. The molecule has 0 fully saturated rings. The Balaban J connectivity index is 2.12. The molecule has 0 aliphatic carbocycles. The molecule has 0 radical (unpaired) electrons. The van der Waals surface area contributed by atoms with Crippen molar-refractivity contribution in [2.75, 3.05) is 0 Å². The minimum Gasteiger partial charge on any atom is -0.508 e. The van der Waals surface area contributed by atoms with Crippen molar-refractivity contribution < 1.29 is 19.8 Å². The molecule has 0 heterocycles. The molecule has 0 spiro atoms. The lowest BCUT2D eigenvalue weighted by molar-refractivity contribution is -0.141. The summed E-state index contributed by atoms with van der Waals surface area (Å²) in [5, 5.41) is 21.3. The van der Waals surface area contributed by atoms with Gasteiger partial charge in [-0.25, -0.2) is 4.79 Å². The topological polar surface area (TPSA) is 86.6 Å². The van der Waals surface area contributed by atoms with E-state index in [1.165, 1.54) is 37.8 Å². The highest BCUT2D eigenvalue weighted by Gasteiger charge is 2.20. The molecule has 0 aliphatic heterocycles. The molecule has 1 aromatic carbocycles. The van der Waals surface area contributed by atoms with E-state index in [2.05, 4.69) is 60.8 Å². The van der Waals surface area contributed by atoms with Gasteiger partial charge < -0.3 is 15.5 Å². The van der Waals surface area contributed by atoms with Crippen molar-refractivity contribution in [1.82, 2.24) is 5.32 Å². The van der Waals surface area contributed by atoms with Crippen molar-refractivity contribution in [1.29, 1.82) is 0 Å². The molecule has 3 N–H and O–H groups in total. The second-order valence-electron chi connectivity index (χ2n) is 8.31. The van der Waals surface area contributed by atoms with Crippen molar-refractivity contribution in [3.63, 3.8) is 0 Å². The Hall–Kier alpha value is -3.08. The van der Waals surface area contributed by atoms with Gasteiger partial charge in [-0.3, -0.25) is 4.79 Å². The van der Waals surface area contributed by atoms with Gasteiger partial charge in [-0.1, -0.05) is 80.5 Å². The van der Waals surface area contributed by atoms with Crippen LogP contribution in [0, 0.1) is 0 Å². The average Bonchev–Trinajstić information content (AvgIpc) is 2.82. The minimum atomic E-state index is -1.07. The van der Waals surface area contributed by atoms with Crippen LogP contribution in [0.3, 0.4) is 0 Å². The number of aliphatic carboxylic acids is 1. The van der Waals surface area contributed by atoms with Crippen LogP contribution in [0.25, 0.3) is 0 Å². The van der Waals surface area contributed by atoms with Gasteiger partial charge in [0.15, 0.2) is 0 Å². The Bertz CT molecular complexity index is 806. The van der Waals surface area contributed by atoms with E-state index in [1.807, 2.05) is 0 Å². The highest BCUT2D eigenvalue weighted by Crippen LogP contribution is 2.12. The summed E-state index contributed by atoms with van der Waals surface area (Å²) in [6.07, 6.45) is 27.1. The molecule has 0 aliphatic rings. The predicted octanol–water partition coefficient (Wildman–Crippen LogP) is 6.65. The number of allylic oxidation sites excluding steroid dienone is 8. The largest absolute Gasteiger partial charge is 0.508 e. The average molecular weight is 468 g/mol. The first-order valence-electron chi connectivity index (χ1n) is 12.4.